The van der Waals surface area contributed by atoms with E-state index in [0.717, 1.165) is 5.56 Å². The smallest absolute Gasteiger partial charge is 0.237 e. The SMILES string of the molecule is CC(NCc1ccc(F)cc1Cl)C(=O)NC(C)(C)C. The molecule has 0 saturated heterocycles. The number of rotatable bonds is 4. The van der Waals surface area contributed by atoms with E-state index >= 15 is 0 Å². The Kier molecular flexibility index (Phi) is 5.32. The van der Waals surface area contributed by atoms with Crippen molar-refractivity contribution >= 4 is 17.5 Å². The number of nitrogens with one attached hydrogen (secondary N) is 2. The number of benzene rings is 1. The zero-order valence-electron chi connectivity index (χ0n) is 11.7. The van der Waals surface area contributed by atoms with Crippen molar-refractivity contribution in [2.75, 3.05) is 0 Å². The van der Waals surface area contributed by atoms with Crippen LogP contribution in [0.4, 0.5) is 4.39 Å². The first-order chi connectivity index (χ1) is 8.69. The highest BCUT2D eigenvalue weighted by atomic mass is 35.5. The number of hydrogen-bond acceptors (Lipinski definition) is 2. The van der Waals surface area contributed by atoms with Crippen LogP contribution in [0.3, 0.4) is 0 Å². The third-order valence-electron chi connectivity index (χ3n) is 2.51. The lowest BCUT2D eigenvalue weighted by Crippen LogP contribution is -2.49. The van der Waals surface area contributed by atoms with Gasteiger partial charge in [-0.05, 0) is 45.4 Å². The van der Waals surface area contributed by atoms with Gasteiger partial charge < -0.3 is 10.6 Å². The molecule has 19 heavy (non-hydrogen) atoms. The maximum Gasteiger partial charge on any atom is 0.237 e. The molecular weight excluding hydrogens is 267 g/mol. The van der Waals surface area contributed by atoms with Gasteiger partial charge in [0.05, 0.1) is 6.04 Å². The maximum absolute atomic E-state index is 12.9. The van der Waals surface area contributed by atoms with Gasteiger partial charge in [-0.2, -0.15) is 0 Å². The minimum Gasteiger partial charge on any atom is -0.350 e. The van der Waals surface area contributed by atoms with Crippen LogP contribution in [0.2, 0.25) is 5.02 Å². The van der Waals surface area contributed by atoms with Crippen molar-refractivity contribution in [1.29, 1.82) is 0 Å². The molecule has 0 aliphatic rings. The molecular formula is C14H20ClFN2O. The molecule has 3 nitrogen and oxygen atoms in total. The van der Waals surface area contributed by atoms with Crippen LogP contribution in [0.25, 0.3) is 0 Å². The summed E-state index contributed by atoms with van der Waals surface area (Å²) in [7, 11) is 0. The molecule has 0 aliphatic carbocycles. The first-order valence-corrected chi connectivity index (χ1v) is 6.56. The van der Waals surface area contributed by atoms with Gasteiger partial charge in [-0.1, -0.05) is 17.7 Å². The van der Waals surface area contributed by atoms with E-state index in [0.29, 0.717) is 11.6 Å². The highest BCUT2D eigenvalue weighted by molar-refractivity contribution is 6.31. The summed E-state index contributed by atoms with van der Waals surface area (Å²) < 4.78 is 12.9. The lowest BCUT2D eigenvalue weighted by atomic mass is 10.1. The Labute approximate surface area is 118 Å². The van der Waals surface area contributed by atoms with Crippen molar-refractivity contribution < 1.29 is 9.18 Å². The topological polar surface area (TPSA) is 41.1 Å². The molecule has 0 aliphatic heterocycles. The van der Waals surface area contributed by atoms with Gasteiger partial charge in [0.2, 0.25) is 5.91 Å². The molecule has 0 aromatic heterocycles. The first-order valence-electron chi connectivity index (χ1n) is 6.18. The molecule has 0 spiro atoms. The van der Waals surface area contributed by atoms with Crippen LogP contribution in [0, 0.1) is 5.82 Å². The predicted octanol–water partition coefficient (Wildman–Crippen LogP) is 2.87. The van der Waals surface area contributed by atoms with Crippen LogP contribution in [0.5, 0.6) is 0 Å². The van der Waals surface area contributed by atoms with Crippen LogP contribution in [0.15, 0.2) is 18.2 Å². The van der Waals surface area contributed by atoms with Gasteiger partial charge in [-0.15, -0.1) is 0 Å². The second-order valence-corrected chi connectivity index (χ2v) is 5.98. The van der Waals surface area contributed by atoms with Gasteiger partial charge in [0.25, 0.3) is 0 Å². The van der Waals surface area contributed by atoms with E-state index in [-0.39, 0.29) is 23.3 Å². The minimum atomic E-state index is -0.368. The second kappa shape index (κ2) is 6.35. The lowest BCUT2D eigenvalue weighted by molar-refractivity contribution is -0.124. The molecule has 1 atom stereocenters. The van der Waals surface area contributed by atoms with E-state index in [1.54, 1.807) is 13.0 Å². The van der Waals surface area contributed by atoms with Crippen molar-refractivity contribution in [1.82, 2.24) is 10.6 Å². The van der Waals surface area contributed by atoms with E-state index < -0.39 is 0 Å². The third kappa shape index (κ3) is 5.57. The van der Waals surface area contributed by atoms with Crippen LogP contribution in [-0.2, 0) is 11.3 Å². The van der Waals surface area contributed by atoms with Crippen molar-refractivity contribution in [2.45, 2.75) is 45.8 Å². The molecule has 1 amide bonds. The average molecular weight is 287 g/mol. The Hall–Kier alpha value is -1.13. The van der Waals surface area contributed by atoms with E-state index in [1.807, 2.05) is 20.8 Å². The average Bonchev–Trinajstić information content (AvgIpc) is 2.25. The first kappa shape index (κ1) is 15.9. The minimum absolute atomic E-state index is 0.0780. The van der Waals surface area contributed by atoms with Gasteiger partial charge in [-0.25, -0.2) is 4.39 Å². The molecule has 0 saturated carbocycles. The number of carbonyl (C=O) groups is 1. The van der Waals surface area contributed by atoms with Crippen molar-refractivity contribution in [3.05, 3.63) is 34.6 Å². The molecule has 1 aromatic rings. The summed E-state index contributed by atoms with van der Waals surface area (Å²) in [6, 6.07) is 3.88. The summed E-state index contributed by atoms with van der Waals surface area (Å²) in [6.07, 6.45) is 0. The van der Waals surface area contributed by atoms with Gasteiger partial charge in [0.1, 0.15) is 5.82 Å². The summed E-state index contributed by atoms with van der Waals surface area (Å²) in [4.78, 5) is 11.9. The Balaban J connectivity index is 2.54. The maximum atomic E-state index is 12.9. The van der Waals surface area contributed by atoms with E-state index in [4.69, 9.17) is 11.6 Å². The molecule has 0 bridgehead atoms. The van der Waals surface area contributed by atoms with E-state index in [1.165, 1.54) is 12.1 Å². The summed E-state index contributed by atoms with van der Waals surface area (Å²) in [5.41, 5.74) is 0.499. The van der Waals surface area contributed by atoms with Crippen molar-refractivity contribution in [3.8, 4) is 0 Å². The number of halogens is 2. The summed E-state index contributed by atoms with van der Waals surface area (Å²) >= 11 is 5.92. The van der Waals surface area contributed by atoms with Gasteiger partial charge >= 0.3 is 0 Å². The Morgan fingerprint density at radius 2 is 2.05 bits per heavy atom. The van der Waals surface area contributed by atoms with E-state index in [2.05, 4.69) is 10.6 Å². The van der Waals surface area contributed by atoms with Crippen LogP contribution in [0.1, 0.15) is 33.3 Å². The standard InChI is InChI=1S/C14H20ClFN2O/c1-9(13(19)18-14(2,3)4)17-8-10-5-6-11(16)7-12(10)15/h5-7,9,17H,8H2,1-4H3,(H,18,19). The fourth-order valence-corrected chi connectivity index (χ4v) is 1.73. The highest BCUT2D eigenvalue weighted by Crippen LogP contribution is 2.17. The molecule has 0 radical (unpaired) electrons. The van der Waals surface area contributed by atoms with Crippen LogP contribution < -0.4 is 10.6 Å². The number of carbonyl (C=O) groups excluding carboxylic acids is 1. The number of hydrogen-bond donors (Lipinski definition) is 2. The fraction of sp³-hybridized carbons (Fsp3) is 0.500. The van der Waals surface area contributed by atoms with Gasteiger partial charge in [0.15, 0.2) is 0 Å². The third-order valence-corrected chi connectivity index (χ3v) is 2.86. The van der Waals surface area contributed by atoms with Crippen molar-refractivity contribution in [2.24, 2.45) is 0 Å². The molecule has 5 heteroatoms. The van der Waals surface area contributed by atoms with E-state index in [9.17, 15) is 9.18 Å². The Morgan fingerprint density at radius 3 is 2.58 bits per heavy atom. The van der Waals surface area contributed by atoms with Crippen LogP contribution in [-0.4, -0.2) is 17.5 Å². The summed E-state index contributed by atoms with van der Waals surface area (Å²) in [5, 5.41) is 6.30. The highest BCUT2D eigenvalue weighted by Gasteiger charge is 2.18. The monoisotopic (exact) mass is 286 g/mol. The van der Waals surface area contributed by atoms with Gasteiger partial charge in [-0.3, -0.25) is 4.79 Å². The zero-order valence-corrected chi connectivity index (χ0v) is 12.4. The number of amides is 1. The normalized spacial score (nSPS) is 13.2. The molecule has 0 heterocycles. The fourth-order valence-electron chi connectivity index (χ4n) is 1.50. The molecule has 0 fully saturated rings. The molecule has 1 rings (SSSR count). The summed E-state index contributed by atoms with van der Waals surface area (Å²) in [5.74, 6) is -0.446. The Bertz CT molecular complexity index is 457. The Morgan fingerprint density at radius 1 is 1.42 bits per heavy atom. The summed E-state index contributed by atoms with van der Waals surface area (Å²) in [6.45, 7) is 7.97. The second-order valence-electron chi connectivity index (χ2n) is 5.58. The quantitative estimate of drug-likeness (QED) is 0.894. The molecule has 1 unspecified atom stereocenters. The lowest BCUT2D eigenvalue weighted by Gasteiger charge is -2.23. The van der Waals surface area contributed by atoms with Crippen molar-refractivity contribution in [3.63, 3.8) is 0 Å². The van der Waals surface area contributed by atoms with Gasteiger partial charge in [0, 0.05) is 17.1 Å². The molecule has 106 valence electrons. The molecule has 2 N–H and O–H groups in total. The predicted molar refractivity (Wildman–Crippen MR) is 75.6 cm³/mol. The zero-order chi connectivity index (χ0) is 14.6. The molecule has 1 aromatic carbocycles. The largest absolute Gasteiger partial charge is 0.350 e. The van der Waals surface area contributed by atoms with Crippen LogP contribution >= 0.6 is 11.6 Å².